The van der Waals surface area contributed by atoms with Gasteiger partial charge in [-0.15, -0.1) is 0 Å². The normalized spacial score (nSPS) is 11.0. The molecule has 0 unspecified atom stereocenters. The molecule has 12 nitrogen and oxygen atoms in total. The van der Waals surface area contributed by atoms with Crippen molar-refractivity contribution in [3.8, 4) is 0 Å². The van der Waals surface area contributed by atoms with Crippen LogP contribution in [0.15, 0.2) is 59.7 Å². The topological polar surface area (TPSA) is 165 Å². The first-order valence-corrected chi connectivity index (χ1v) is 9.01. The van der Waals surface area contributed by atoms with E-state index in [-0.39, 0.29) is 35.9 Å². The maximum atomic E-state index is 12.5. The van der Waals surface area contributed by atoms with Gasteiger partial charge in [0.05, 0.1) is 22.7 Å². The monoisotopic (exact) mass is 421 g/mol. The first-order chi connectivity index (χ1) is 14.8. The highest BCUT2D eigenvalue weighted by Gasteiger charge is 2.16. The number of non-ortho nitro benzene ring substituents is 2. The zero-order valence-corrected chi connectivity index (χ0v) is 15.9. The maximum absolute atomic E-state index is 12.5. The van der Waals surface area contributed by atoms with Crippen LogP contribution in [0.2, 0.25) is 0 Å². The molecule has 0 aliphatic heterocycles. The van der Waals surface area contributed by atoms with Crippen molar-refractivity contribution >= 4 is 28.5 Å². The van der Waals surface area contributed by atoms with Gasteiger partial charge < -0.3 is 10.3 Å². The molecule has 156 valence electrons. The molecule has 4 rings (SSSR count). The van der Waals surface area contributed by atoms with E-state index < -0.39 is 15.4 Å². The molecule has 0 aliphatic carbocycles. The number of anilines is 1. The fourth-order valence-corrected chi connectivity index (χ4v) is 3.21. The molecular formula is C19H15N7O5. The van der Waals surface area contributed by atoms with E-state index in [1.807, 2.05) is 0 Å². The molecule has 0 fully saturated rings. The summed E-state index contributed by atoms with van der Waals surface area (Å²) < 4.78 is 3.14. The van der Waals surface area contributed by atoms with E-state index in [0.29, 0.717) is 11.2 Å². The Morgan fingerprint density at radius 1 is 0.871 bits per heavy atom. The molecule has 0 radical (unpaired) electrons. The fraction of sp³-hybridized carbons (Fsp3) is 0.105. The van der Waals surface area contributed by atoms with Crippen LogP contribution in [0.25, 0.3) is 11.2 Å². The lowest BCUT2D eigenvalue weighted by Gasteiger charge is -2.11. The van der Waals surface area contributed by atoms with E-state index in [1.165, 1.54) is 30.6 Å². The van der Waals surface area contributed by atoms with E-state index >= 15 is 0 Å². The molecular weight excluding hydrogens is 406 g/mol. The highest BCUT2D eigenvalue weighted by Crippen LogP contribution is 2.19. The molecule has 12 heteroatoms. The Morgan fingerprint density at radius 3 is 1.90 bits per heavy atom. The van der Waals surface area contributed by atoms with Crippen LogP contribution < -0.4 is 11.3 Å². The Labute approximate surface area is 173 Å². The number of nitrogens with two attached hydrogens (primary N) is 1. The molecule has 0 atom stereocenters. The molecule has 0 aliphatic rings. The molecule has 0 spiro atoms. The number of nitro groups is 2. The zero-order valence-electron chi connectivity index (χ0n) is 15.9. The van der Waals surface area contributed by atoms with Gasteiger partial charge >= 0.3 is 5.56 Å². The SMILES string of the molecule is Nc1nc(=O)c2c(ncn2Cc2ccc([N+](=O)[O-])cc2)n1Cc1ccc([N+](=O)[O-])cc1. The highest BCUT2D eigenvalue weighted by molar-refractivity contribution is 5.72. The van der Waals surface area contributed by atoms with Gasteiger partial charge in [0.25, 0.3) is 11.4 Å². The number of fused-ring (bicyclic) bond motifs is 1. The molecule has 2 heterocycles. The van der Waals surface area contributed by atoms with E-state index in [0.717, 1.165) is 5.56 Å². The Morgan fingerprint density at radius 2 is 1.39 bits per heavy atom. The van der Waals surface area contributed by atoms with Gasteiger partial charge in [-0.05, 0) is 11.1 Å². The van der Waals surface area contributed by atoms with Crippen molar-refractivity contribution in [2.24, 2.45) is 0 Å². The number of nitrogens with zero attached hydrogens (tertiary/aromatic N) is 6. The molecule has 2 aromatic heterocycles. The largest absolute Gasteiger partial charge is 0.369 e. The number of rotatable bonds is 6. The second-order valence-corrected chi connectivity index (χ2v) is 6.75. The van der Waals surface area contributed by atoms with Gasteiger partial charge in [0.15, 0.2) is 11.2 Å². The average molecular weight is 421 g/mol. The third-order valence-corrected chi connectivity index (χ3v) is 4.76. The molecule has 2 aromatic carbocycles. The second-order valence-electron chi connectivity index (χ2n) is 6.75. The van der Waals surface area contributed by atoms with Gasteiger partial charge in [0.2, 0.25) is 5.95 Å². The van der Waals surface area contributed by atoms with Crippen LogP contribution >= 0.6 is 0 Å². The molecule has 4 aromatic rings. The smallest absolute Gasteiger partial charge is 0.300 e. The minimum Gasteiger partial charge on any atom is -0.369 e. The summed E-state index contributed by atoms with van der Waals surface area (Å²) in [6.45, 7) is 0.467. The first kappa shape index (κ1) is 19.7. The number of hydrogen-bond acceptors (Lipinski definition) is 8. The average Bonchev–Trinajstić information content (AvgIpc) is 3.16. The van der Waals surface area contributed by atoms with Gasteiger partial charge in [0.1, 0.15) is 0 Å². The van der Waals surface area contributed by atoms with Gasteiger partial charge in [-0.1, -0.05) is 24.3 Å². The van der Waals surface area contributed by atoms with Crippen LogP contribution in [0.3, 0.4) is 0 Å². The van der Waals surface area contributed by atoms with Crippen LogP contribution in [0, 0.1) is 20.2 Å². The summed E-state index contributed by atoms with van der Waals surface area (Å²) in [5.41, 5.74) is 7.34. The third kappa shape index (κ3) is 3.81. The van der Waals surface area contributed by atoms with Crippen molar-refractivity contribution in [3.05, 3.63) is 96.6 Å². The van der Waals surface area contributed by atoms with E-state index in [1.54, 1.807) is 33.4 Å². The van der Waals surface area contributed by atoms with Crippen molar-refractivity contribution in [1.82, 2.24) is 19.1 Å². The summed E-state index contributed by atoms with van der Waals surface area (Å²) in [5.74, 6) is -0.0311. The predicted molar refractivity (Wildman–Crippen MR) is 111 cm³/mol. The number of benzene rings is 2. The Kier molecular flexibility index (Phi) is 4.87. The summed E-state index contributed by atoms with van der Waals surface area (Å²) >= 11 is 0. The van der Waals surface area contributed by atoms with Crippen LogP contribution in [0.1, 0.15) is 11.1 Å². The number of nitro benzene ring substituents is 2. The van der Waals surface area contributed by atoms with Gasteiger partial charge in [-0.25, -0.2) is 4.98 Å². The van der Waals surface area contributed by atoms with Crippen LogP contribution in [0.4, 0.5) is 17.3 Å². The van der Waals surface area contributed by atoms with E-state index in [4.69, 9.17) is 5.73 Å². The molecule has 0 saturated carbocycles. The van der Waals surface area contributed by atoms with Crippen LogP contribution in [-0.4, -0.2) is 28.9 Å². The van der Waals surface area contributed by atoms with Gasteiger partial charge in [-0.3, -0.25) is 29.6 Å². The van der Waals surface area contributed by atoms with Crippen molar-refractivity contribution in [1.29, 1.82) is 0 Å². The number of hydrogen-bond donors (Lipinski definition) is 1. The van der Waals surface area contributed by atoms with Gasteiger partial charge in [-0.2, -0.15) is 4.98 Å². The molecule has 0 amide bonds. The standard InChI is InChI=1S/C19H15N7O5/c20-19-22-18(27)16-17(24(19)10-13-3-7-15(8-4-13)26(30)31)21-11-23(16)9-12-1-5-14(6-2-12)25(28)29/h1-8,11H,9-10H2,(H2,20,22,27). The first-order valence-electron chi connectivity index (χ1n) is 9.01. The Bertz CT molecular complexity index is 1360. The van der Waals surface area contributed by atoms with Crippen LogP contribution in [-0.2, 0) is 13.1 Å². The molecule has 31 heavy (non-hydrogen) atoms. The third-order valence-electron chi connectivity index (χ3n) is 4.76. The Balaban J connectivity index is 1.70. The van der Waals surface area contributed by atoms with E-state index in [9.17, 15) is 25.0 Å². The lowest BCUT2D eigenvalue weighted by molar-refractivity contribution is -0.385. The number of aromatic nitrogens is 4. The van der Waals surface area contributed by atoms with Crippen molar-refractivity contribution in [2.45, 2.75) is 13.1 Å². The summed E-state index contributed by atoms with van der Waals surface area (Å²) in [6.07, 6.45) is 1.47. The minimum atomic E-state index is -0.549. The van der Waals surface area contributed by atoms with Crippen molar-refractivity contribution in [2.75, 3.05) is 5.73 Å². The Hall–Kier alpha value is -4.61. The lowest BCUT2D eigenvalue weighted by Crippen LogP contribution is -2.20. The molecule has 2 N–H and O–H groups in total. The van der Waals surface area contributed by atoms with E-state index in [2.05, 4.69) is 9.97 Å². The summed E-state index contributed by atoms with van der Waals surface area (Å²) in [5, 5.41) is 21.6. The van der Waals surface area contributed by atoms with Crippen molar-refractivity contribution in [3.63, 3.8) is 0 Å². The van der Waals surface area contributed by atoms with Crippen LogP contribution in [0.5, 0.6) is 0 Å². The summed E-state index contributed by atoms with van der Waals surface area (Å²) in [6, 6.07) is 11.9. The predicted octanol–water partition coefficient (Wildman–Crippen LogP) is 2.09. The highest BCUT2D eigenvalue weighted by atomic mass is 16.6. The quantitative estimate of drug-likeness (QED) is 0.365. The number of imidazole rings is 1. The summed E-state index contributed by atoms with van der Waals surface area (Å²) in [7, 11) is 0. The zero-order chi connectivity index (χ0) is 22.1. The van der Waals surface area contributed by atoms with Gasteiger partial charge in [0, 0.05) is 30.8 Å². The summed E-state index contributed by atoms with van der Waals surface area (Å²) in [4.78, 5) is 41.4. The minimum absolute atomic E-state index is 0.0286. The second kappa shape index (κ2) is 7.67. The molecule has 0 bridgehead atoms. The molecule has 0 saturated heterocycles. The number of nitrogen functional groups attached to an aromatic ring is 1. The van der Waals surface area contributed by atoms with Crippen molar-refractivity contribution < 1.29 is 9.85 Å². The maximum Gasteiger partial charge on any atom is 0.300 e. The lowest BCUT2D eigenvalue weighted by atomic mass is 10.2. The fourth-order valence-electron chi connectivity index (χ4n) is 3.21.